The number of benzene rings is 2. The molecule has 2 aliphatic carbocycles. The lowest BCUT2D eigenvalue weighted by Crippen LogP contribution is -2.47. The van der Waals surface area contributed by atoms with E-state index in [0.717, 1.165) is 31.7 Å². The Kier molecular flexibility index (Phi) is 8.57. The van der Waals surface area contributed by atoms with Gasteiger partial charge in [-0.1, -0.05) is 42.9 Å². The Labute approximate surface area is 289 Å². The molecule has 1 aromatic heterocycles. The second-order valence-electron chi connectivity index (χ2n) is 13.2. The molecule has 7 rings (SSSR count). The first-order chi connectivity index (χ1) is 23.0. The normalized spacial score (nSPS) is 27.4. The topological polar surface area (TPSA) is 155 Å². The predicted octanol–water partition coefficient (Wildman–Crippen LogP) is 5.09. The molecule has 2 saturated carbocycles. The summed E-state index contributed by atoms with van der Waals surface area (Å²) in [6.45, 7) is 3.49. The molecule has 3 heterocycles. The van der Waals surface area contributed by atoms with Gasteiger partial charge in [0.05, 0.1) is 24.0 Å². The second-order valence-corrected chi connectivity index (χ2v) is 15.9. The number of carbonyl (C=O) groups excluding carboxylic acids is 3. The van der Waals surface area contributed by atoms with Gasteiger partial charge in [0.2, 0.25) is 11.8 Å². The zero-order valence-corrected chi connectivity index (χ0v) is 28.7. The molecule has 3 amide bonds. The zero-order valence-electron chi connectivity index (χ0n) is 26.3. The number of anilines is 1. The van der Waals surface area contributed by atoms with Crippen molar-refractivity contribution in [2.24, 2.45) is 35.5 Å². The van der Waals surface area contributed by atoms with Crippen molar-refractivity contribution in [3.8, 4) is 11.5 Å². The highest BCUT2D eigenvalue weighted by atomic mass is 35.5. The van der Waals surface area contributed by atoms with Crippen LogP contribution in [-0.2, 0) is 19.2 Å². The minimum atomic E-state index is -1.19. The quantitative estimate of drug-likeness (QED) is 0.244. The monoisotopic (exact) mass is 711 g/mol. The Morgan fingerprint density at radius 3 is 2.44 bits per heavy atom. The van der Waals surface area contributed by atoms with Gasteiger partial charge >= 0.3 is 10.8 Å². The van der Waals surface area contributed by atoms with Crippen LogP contribution in [0, 0.1) is 35.5 Å². The number of halogens is 1. The van der Waals surface area contributed by atoms with E-state index in [1.165, 1.54) is 7.11 Å². The number of H-pyrrole nitrogens is 1. The van der Waals surface area contributed by atoms with Crippen LogP contribution in [-0.4, -0.2) is 63.7 Å². The minimum absolute atomic E-state index is 0.0148. The third kappa shape index (κ3) is 5.49. The van der Waals surface area contributed by atoms with Gasteiger partial charge in [-0.25, -0.2) is 4.79 Å². The maximum atomic E-state index is 14.0. The zero-order chi connectivity index (χ0) is 34.0. The molecule has 2 aliphatic heterocycles. The van der Waals surface area contributed by atoms with Crippen LogP contribution in [0.1, 0.15) is 43.0 Å². The number of aromatic amines is 1. The van der Waals surface area contributed by atoms with Crippen LogP contribution in [0.25, 0.3) is 0 Å². The molecule has 252 valence electrons. The van der Waals surface area contributed by atoms with Crippen molar-refractivity contribution in [2.75, 3.05) is 19.0 Å². The van der Waals surface area contributed by atoms with E-state index in [0.29, 0.717) is 28.6 Å². The first kappa shape index (κ1) is 32.7. The summed E-state index contributed by atoms with van der Waals surface area (Å²) in [7, 11) is 1.51. The highest BCUT2D eigenvalue weighted by Gasteiger charge is 2.70. The number of carboxylic acids is 1. The van der Waals surface area contributed by atoms with Crippen molar-refractivity contribution in [1.29, 1.82) is 0 Å². The summed E-state index contributed by atoms with van der Waals surface area (Å²) in [5, 5.41) is 14.0. The van der Waals surface area contributed by atoms with Gasteiger partial charge in [-0.3, -0.25) is 24.1 Å². The van der Waals surface area contributed by atoms with Gasteiger partial charge in [-0.15, -0.1) is 11.8 Å². The first-order valence-corrected chi connectivity index (χ1v) is 17.9. The number of carboxylic acid groups (broad SMARTS) is 1. The molecule has 0 spiro atoms. The fourth-order valence-electron chi connectivity index (χ4n) is 8.35. The van der Waals surface area contributed by atoms with E-state index in [4.69, 9.17) is 21.1 Å². The van der Waals surface area contributed by atoms with Crippen molar-refractivity contribution >= 4 is 64.1 Å². The number of hydrogen-bond acceptors (Lipinski definition) is 9. The summed E-state index contributed by atoms with van der Waals surface area (Å²) in [5.74, 6) is -3.36. The molecule has 0 radical (unpaired) electrons. The largest absolute Gasteiger partial charge is 0.493 e. The molecule has 3 N–H and O–H groups in total. The smallest absolute Gasteiger partial charge is 0.326 e. The lowest BCUT2D eigenvalue weighted by Gasteiger charge is -2.43. The van der Waals surface area contributed by atoms with E-state index in [-0.39, 0.29) is 70.5 Å². The summed E-state index contributed by atoms with van der Waals surface area (Å²) >= 11 is 8.63. The van der Waals surface area contributed by atoms with E-state index < -0.39 is 23.8 Å². The highest BCUT2D eigenvalue weighted by Crippen LogP contribution is 2.68. The number of nitrogens with zero attached hydrogens (tertiary/aromatic N) is 1. The number of likely N-dealkylation sites (tertiary alicyclic amines) is 1. The molecule has 3 aromatic rings. The van der Waals surface area contributed by atoms with Crippen LogP contribution >= 0.6 is 34.7 Å². The Morgan fingerprint density at radius 2 is 1.77 bits per heavy atom. The van der Waals surface area contributed by atoms with Gasteiger partial charge in [0.15, 0.2) is 18.1 Å². The van der Waals surface area contributed by atoms with Crippen LogP contribution in [0.4, 0.5) is 5.69 Å². The van der Waals surface area contributed by atoms with E-state index in [2.05, 4.69) is 10.3 Å². The number of aromatic nitrogens is 1. The second kappa shape index (κ2) is 12.6. The SMILES string of the molecule is COc1cc([C@H]2c3sc(=O)[nH]c3SC3C4CC(C5C(=O)N(C(CC(C)C)C(=O)O)C(=O)C45)C32)ccc1OCC(=O)Nc1ccc(Cl)cc1. The molecular weight excluding hydrogens is 678 g/mol. The molecule has 14 heteroatoms. The maximum absolute atomic E-state index is 14.0. The third-order valence-corrected chi connectivity index (χ3v) is 12.9. The number of carbonyl (C=O) groups is 4. The molecule has 7 unspecified atom stereocenters. The van der Waals surface area contributed by atoms with Crippen molar-refractivity contribution in [3.05, 3.63) is 67.6 Å². The van der Waals surface area contributed by atoms with E-state index in [1.807, 2.05) is 26.0 Å². The number of rotatable bonds is 10. The Balaban J connectivity index is 1.18. The van der Waals surface area contributed by atoms with Crippen molar-refractivity contribution < 1.29 is 33.8 Å². The number of nitrogens with one attached hydrogen (secondary N) is 2. The summed E-state index contributed by atoms with van der Waals surface area (Å²) in [6, 6.07) is 11.0. The van der Waals surface area contributed by atoms with E-state index in [1.54, 1.807) is 42.1 Å². The van der Waals surface area contributed by atoms with Gasteiger partial charge in [-0.2, -0.15) is 0 Å². The molecular formula is C34H34ClN3O8S2. The summed E-state index contributed by atoms with van der Waals surface area (Å²) in [4.78, 5) is 70.1. The van der Waals surface area contributed by atoms with Crippen molar-refractivity contribution in [2.45, 2.75) is 48.9 Å². The third-order valence-electron chi connectivity index (χ3n) is 10.1. The summed E-state index contributed by atoms with van der Waals surface area (Å²) in [5.41, 5.74) is 1.44. The van der Waals surface area contributed by atoms with Gasteiger partial charge in [-0.05, 0) is 78.5 Å². The number of ether oxygens (including phenoxy) is 2. The lowest BCUT2D eigenvalue weighted by molar-refractivity contribution is -0.156. The van der Waals surface area contributed by atoms with Gasteiger partial charge < -0.3 is 24.9 Å². The van der Waals surface area contributed by atoms with Gasteiger partial charge in [0.1, 0.15) is 6.04 Å². The highest BCUT2D eigenvalue weighted by molar-refractivity contribution is 8.00. The van der Waals surface area contributed by atoms with Crippen LogP contribution in [0.3, 0.4) is 0 Å². The predicted molar refractivity (Wildman–Crippen MR) is 180 cm³/mol. The number of imide groups is 1. The fourth-order valence-corrected chi connectivity index (χ4v) is 11.4. The fraction of sp³-hybridized carbons (Fsp3) is 0.441. The molecule has 2 aromatic carbocycles. The number of methoxy groups -OCH3 is 1. The lowest BCUT2D eigenvalue weighted by atomic mass is 9.68. The molecule has 4 aliphatic rings. The molecule has 1 saturated heterocycles. The standard InChI is InChI=1S/C34H34ClN3O8S2/c1-14(2)10-20(33(42)43)38-31(40)26-18-12-19(27(26)32(38)41)28-25(18)24(29-30(47-28)37-34(44)48-29)15-4-9-21(22(11-15)45-3)46-13-23(39)36-17-7-5-16(35)6-8-17/h4-9,11,14,18-20,24-28H,10,12-13H2,1-3H3,(H,36,39)(H,37,44)(H,42,43)/t18?,19?,20?,24-,25?,26?,27?,28?/m1/s1. The molecule has 8 atom stereocenters. The van der Waals surface area contributed by atoms with Crippen LogP contribution < -0.4 is 19.7 Å². The Bertz CT molecular complexity index is 1860. The molecule has 11 nitrogen and oxygen atoms in total. The van der Waals surface area contributed by atoms with Crippen molar-refractivity contribution in [3.63, 3.8) is 0 Å². The molecule has 3 fully saturated rings. The Hall–Kier alpha value is -3.81. The van der Waals surface area contributed by atoms with Crippen LogP contribution in [0.5, 0.6) is 11.5 Å². The average molecular weight is 712 g/mol. The van der Waals surface area contributed by atoms with Crippen molar-refractivity contribution in [1.82, 2.24) is 9.88 Å². The van der Waals surface area contributed by atoms with Crippen LogP contribution in [0.15, 0.2) is 52.3 Å². The first-order valence-electron chi connectivity index (χ1n) is 15.8. The number of aliphatic carboxylic acids is 1. The summed E-state index contributed by atoms with van der Waals surface area (Å²) in [6.07, 6.45) is 0.878. The molecule has 48 heavy (non-hydrogen) atoms. The number of thioether (sulfide) groups is 1. The number of amides is 3. The van der Waals surface area contributed by atoms with E-state index in [9.17, 15) is 29.1 Å². The van der Waals surface area contributed by atoms with Crippen LogP contribution in [0.2, 0.25) is 5.02 Å². The minimum Gasteiger partial charge on any atom is -0.493 e. The number of fused-ring (bicyclic) bond motifs is 9. The average Bonchev–Trinajstić information content (AvgIpc) is 3.78. The number of hydrogen-bond donors (Lipinski definition) is 3. The molecule has 2 bridgehead atoms. The summed E-state index contributed by atoms with van der Waals surface area (Å²) < 4.78 is 11.5. The van der Waals surface area contributed by atoms with Gasteiger partial charge in [0.25, 0.3) is 5.91 Å². The van der Waals surface area contributed by atoms with E-state index >= 15 is 0 Å². The Morgan fingerprint density at radius 1 is 1.06 bits per heavy atom. The van der Waals surface area contributed by atoms with Gasteiger partial charge in [0, 0.05) is 26.8 Å². The number of thiazole rings is 1. The maximum Gasteiger partial charge on any atom is 0.326 e.